The zero-order valence-corrected chi connectivity index (χ0v) is 12.1. The average molecular weight is 287 g/mol. The first-order valence-electron chi connectivity index (χ1n) is 6.48. The van der Waals surface area contributed by atoms with E-state index in [9.17, 15) is 9.59 Å². The Kier molecular flexibility index (Phi) is 3.80. The van der Waals surface area contributed by atoms with Crippen molar-refractivity contribution in [1.82, 2.24) is 10.2 Å². The molecular weight excluding hydrogens is 270 g/mol. The lowest BCUT2D eigenvalue weighted by atomic mass is 9.92. The van der Waals surface area contributed by atoms with Crippen molar-refractivity contribution in [2.75, 3.05) is 5.32 Å². The van der Waals surface area contributed by atoms with Gasteiger partial charge in [0.2, 0.25) is 0 Å². The summed E-state index contributed by atoms with van der Waals surface area (Å²) in [4.78, 5) is 23.0. The zero-order chi connectivity index (χ0) is 15.6. The number of aromatic amines is 1. The number of rotatable bonds is 3. The van der Waals surface area contributed by atoms with E-state index in [2.05, 4.69) is 15.5 Å². The summed E-state index contributed by atoms with van der Waals surface area (Å²) in [5, 5.41) is 18.4. The highest BCUT2D eigenvalue weighted by molar-refractivity contribution is 6.03. The molecule has 1 amide bonds. The van der Waals surface area contributed by atoms with E-state index in [-0.39, 0.29) is 22.6 Å². The first-order valence-corrected chi connectivity index (χ1v) is 6.48. The van der Waals surface area contributed by atoms with Gasteiger partial charge in [0.25, 0.3) is 5.91 Å². The van der Waals surface area contributed by atoms with E-state index in [0.717, 1.165) is 5.69 Å². The van der Waals surface area contributed by atoms with Gasteiger partial charge in [-0.2, -0.15) is 5.10 Å². The number of aromatic carboxylic acids is 1. The van der Waals surface area contributed by atoms with Crippen LogP contribution in [-0.4, -0.2) is 27.2 Å². The third-order valence-corrected chi connectivity index (χ3v) is 2.99. The van der Waals surface area contributed by atoms with E-state index < -0.39 is 5.97 Å². The molecule has 0 fully saturated rings. The highest BCUT2D eigenvalue weighted by Gasteiger charge is 2.19. The van der Waals surface area contributed by atoms with E-state index in [1.54, 1.807) is 18.2 Å². The quantitative estimate of drug-likeness (QED) is 0.808. The van der Waals surface area contributed by atoms with Gasteiger partial charge in [-0.15, -0.1) is 0 Å². The lowest BCUT2D eigenvalue weighted by Gasteiger charge is -2.14. The van der Waals surface area contributed by atoms with E-state index >= 15 is 0 Å². The SMILES string of the molecule is CC(C)(C)c1cc(C(=O)Nc2cccc(C(=O)O)c2)n[nH]1. The summed E-state index contributed by atoms with van der Waals surface area (Å²) < 4.78 is 0. The number of carbonyl (C=O) groups is 2. The molecule has 6 heteroatoms. The van der Waals surface area contributed by atoms with Gasteiger partial charge in [0.15, 0.2) is 5.69 Å². The molecule has 0 aliphatic rings. The predicted octanol–water partition coefficient (Wildman–Crippen LogP) is 2.66. The van der Waals surface area contributed by atoms with Crippen molar-refractivity contribution < 1.29 is 14.7 Å². The topological polar surface area (TPSA) is 95.1 Å². The number of carboxylic acid groups (broad SMARTS) is 1. The summed E-state index contributed by atoms with van der Waals surface area (Å²) in [6.45, 7) is 6.04. The van der Waals surface area contributed by atoms with Crippen LogP contribution in [0.3, 0.4) is 0 Å². The summed E-state index contributed by atoms with van der Waals surface area (Å²) in [6, 6.07) is 7.75. The van der Waals surface area contributed by atoms with Crippen LogP contribution in [-0.2, 0) is 5.41 Å². The van der Waals surface area contributed by atoms with E-state index in [4.69, 9.17) is 5.11 Å². The van der Waals surface area contributed by atoms with E-state index in [0.29, 0.717) is 5.69 Å². The molecular formula is C15H17N3O3. The second-order valence-electron chi connectivity index (χ2n) is 5.76. The zero-order valence-electron chi connectivity index (χ0n) is 12.1. The molecule has 3 N–H and O–H groups in total. The first-order chi connectivity index (χ1) is 9.77. The highest BCUT2D eigenvalue weighted by Crippen LogP contribution is 2.20. The Bertz CT molecular complexity index is 683. The number of benzene rings is 1. The van der Waals surface area contributed by atoms with Gasteiger partial charge in [0.05, 0.1) is 5.56 Å². The average Bonchev–Trinajstić information content (AvgIpc) is 2.88. The molecule has 1 aromatic carbocycles. The maximum Gasteiger partial charge on any atom is 0.335 e. The Hall–Kier alpha value is -2.63. The third-order valence-electron chi connectivity index (χ3n) is 2.99. The number of nitrogens with one attached hydrogen (secondary N) is 2. The van der Waals surface area contributed by atoms with Crippen molar-refractivity contribution in [2.24, 2.45) is 0 Å². The van der Waals surface area contributed by atoms with Gasteiger partial charge in [-0.25, -0.2) is 4.79 Å². The fraction of sp³-hybridized carbons (Fsp3) is 0.267. The van der Waals surface area contributed by atoms with Crippen LogP contribution in [0.5, 0.6) is 0 Å². The van der Waals surface area contributed by atoms with Crippen molar-refractivity contribution in [1.29, 1.82) is 0 Å². The molecule has 21 heavy (non-hydrogen) atoms. The van der Waals surface area contributed by atoms with Crippen LogP contribution < -0.4 is 5.32 Å². The Morgan fingerprint density at radius 3 is 2.52 bits per heavy atom. The molecule has 0 aliphatic carbocycles. The van der Waals surface area contributed by atoms with Crippen LogP contribution in [0.2, 0.25) is 0 Å². The number of hydrogen-bond donors (Lipinski definition) is 3. The molecule has 0 saturated heterocycles. The van der Waals surface area contributed by atoms with Gasteiger partial charge < -0.3 is 10.4 Å². The number of amides is 1. The van der Waals surface area contributed by atoms with Gasteiger partial charge in [0, 0.05) is 16.8 Å². The van der Waals surface area contributed by atoms with E-state index in [1.165, 1.54) is 12.1 Å². The lowest BCUT2D eigenvalue weighted by Crippen LogP contribution is -2.13. The smallest absolute Gasteiger partial charge is 0.335 e. The van der Waals surface area contributed by atoms with E-state index in [1.807, 2.05) is 20.8 Å². The van der Waals surface area contributed by atoms with Crippen LogP contribution in [0.4, 0.5) is 5.69 Å². The number of hydrogen-bond acceptors (Lipinski definition) is 3. The third kappa shape index (κ3) is 3.47. The molecule has 0 aliphatic heterocycles. The predicted molar refractivity (Wildman–Crippen MR) is 78.6 cm³/mol. The molecule has 0 radical (unpaired) electrons. The lowest BCUT2D eigenvalue weighted by molar-refractivity contribution is 0.0696. The summed E-state index contributed by atoms with van der Waals surface area (Å²) in [5.74, 6) is -1.43. The number of anilines is 1. The van der Waals surface area contributed by atoms with Crippen LogP contribution in [0, 0.1) is 0 Å². The number of carboxylic acids is 1. The normalized spacial score (nSPS) is 11.2. The number of aromatic nitrogens is 2. The number of carbonyl (C=O) groups excluding carboxylic acids is 1. The molecule has 110 valence electrons. The Morgan fingerprint density at radius 2 is 1.95 bits per heavy atom. The van der Waals surface area contributed by atoms with Crippen molar-refractivity contribution in [3.63, 3.8) is 0 Å². The van der Waals surface area contributed by atoms with Crippen molar-refractivity contribution in [2.45, 2.75) is 26.2 Å². The Balaban J connectivity index is 2.16. The molecule has 2 rings (SSSR count). The molecule has 0 atom stereocenters. The minimum Gasteiger partial charge on any atom is -0.478 e. The molecule has 1 aromatic heterocycles. The standard InChI is InChI=1S/C15H17N3O3/c1-15(2,3)12-8-11(17-18-12)13(19)16-10-6-4-5-9(7-10)14(20)21/h4-8H,1-3H3,(H,16,19)(H,17,18)(H,20,21). The molecule has 1 heterocycles. The van der Waals surface area contributed by atoms with Crippen molar-refractivity contribution in [3.05, 3.63) is 47.3 Å². The van der Waals surface area contributed by atoms with Gasteiger partial charge >= 0.3 is 5.97 Å². The fourth-order valence-electron chi connectivity index (χ4n) is 1.75. The number of H-pyrrole nitrogens is 1. The molecule has 6 nitrogen and oxygen atoms in total. The Labute approximate surface area is 122 Å². The first kappa shape index (κ1) is 14.8. The molecule has 0 unspecified atom stereocenters. The van der Waals surface area contributed by atoms with Crippen LogP contribution in [0.15, 0.2) is 30.3 Å². The van der Waals surface area contributed by atoms with Crippen LogP contribution in [0.1, 0.15) is 47.3 Å². The maximum atomic E-state index is 12.1. The molecule has 0 spiro atoms. The number of nitrogens with zero attached hydrogens (tertiary/aromatic N) is 1. The van der Waals surface area contributed by atoms with Gasteiger partial charge in [-0.3, -0.25) is 9.89 Å². The summed E-state index contributed by atoms with van der Waals surface area (Å²) >= 11 is 0. The van der Waals surface area contributed by atoms with Crippen molar-refractivity contribution >= 4 is 17.6 Å². The largest absolute Gasteiger partial charge is 0.478 e. The van der Waals surface area contributed by atoms with Crippen LogP contribution >= 0.6 is 0 Å². The fourth-order valence-corrected chi connectivity index (χ4v) is 1.75. The second kappa shape index (κ2) is 5.40. The van der Waals surface area contributed by atoms with Gasteiger partial charge in [-0.1, -0.05) is 26.8 Å². The second-order valence-corrected chi connectivity index (χ2v) is 5.76. The molecule has 0 bridgehead atoms. The monoisotopic (exact) mass is 287 g/mol. The molecule has 2 aromatic rings. The summed E-state index contributed by atoms with van der Waals surface area (Å²) in [7, 11) is 0. The molecule has 0 saturated carbocycles. The van der Waals surface area contributed by atoms with Gasteiger partial charge in [0.1, 0.15) is 0 Å². The highest BCUT2D eigenvalue weighted by atomic mass is 16.4. The summed E-state index contributed by atoms with van der Waals surface area (Å²) in [6.07, 6.45) is 0. The summed E-state index contributed by atoms with van der Waals surface area (Å²) in [5.41, 5.74) is 1.52. The van der Waals surface area contributed by atoms with Crippen molar-refractivity contribution in [3.8, 4) is 0 Å². The Morgan fingerprint density at radius 1 is 1.24 bits per heavy atom. The van der Waals surface area contributed by atoms with Crippen LogP contribution in [0.25, 0.3) is 0 Å². The van der Waals surface area contributed by atoms with Gasteiger partial charge in [-0.05, 0) is 24.3 Å². The minimum atomic E-state index is -1.04. The maximum absolute atomic E-state index is 12.1. The minimum absolute atomic E-state index is 0.116.